The highest BCUT2D eigenvalue weighted by Crippen LogP contribution is 2.17. The molecule has 104 valence electrons. The van der Waals surface area contributed by atoms with Crippen LogP contribution in [0.25, 0.3) is 0 Å². The molecular formula is C15H14ClFN2O. The van der Waals surface area contributed by atoms with Crippen molar-refractivity contribution < 1.29 is 9.18 Å². The first-order valence-corrected chi connectivity index (χ1v) is 6.55. The molecule has 2 rings (SSSR count). The van der Waals surface area contributed by atoms with Crippen molar-refractivity contribution in [3.05, 3.63) is 64.7 Å². The molecule has 5 heteroatoms. The Labute approximate surface area is 122 Å². The van der Waals surface area contributed by atoms with E-state index in [9.17, 15) is 9.18 Å². The lowest BCUT2D eigenvalue weighted by Crippen LogP contribution is -2.28. The molecule has 0 radical (unpaired) electrons. The van der Waals surface area contributed by atoms with Crippen LogP contribution in [0.2, 0.25) is 5.02 Å². The molecule has 1 aromatic carbocycles. The van der Waals surface area contributed by atoms with Gasteiger partial charge in [0.1, 0.15) is 5.82 Å². The van der Waals surface area contributed by atoms with E-state index in [-0.39, 0.29) is 10.9 Å². The summed E-state index contributed by atoms with van der Waals surface area (Å²) in [4.78, 5) is 17.7. The Kier molecular flexibility index (Phi) is 4.69. The number of carbonyl (C=O) groups is 1. The molecule has 3 nitrogen and oxygen atoms in total. The summed E-state index contributed by atoms with van der Waals surface area (Å²) in [5.74, 6) is -0.705. The van der Waals surface area contributed by atoms with Crippen LogP contribution in [0.1, 0.15) is 15.9 Å². The van der Waals surface area contributed by atoms with Crippen LogP contribution in [0, 0.1) is 5.82 Å². The highest BCUT2D eigenvalue weighted by atomic mass is 35.5. The summed E-state index contributed by atoms with van der Waals surface area (Å²) in [6.45, 7) is 0.567. The van der Waals surface area contributed by atoms with E-state index >= 15 is 0 Å². The van der Waals surface area contributed by atoms with E-state index in [0.29, 0.717) is 12.1 Å². The molecular weight excluding hydrogens is 279 g/mol. The average molecular weight is 293 g/mol. The Balaban J connectivity index is 1.99. The molecule has 0 unspecified atom stereocenters. The van der Waals surface area contributed by atoms with Crippen LogP contribution in [0.4, 0.5) is 4.39 Å². The van der Waals surface area contributed by atoms with Gasteiger partial charge in [0.2, 0.25) is 0 Å². The number of benzene rings is 1. The van der Waals surface area contributed by atoms with Crippen LogP contribution >= 0.6 is 11.6 Å². The summed E-state index contributed by atoms with van der Waals surface area (Å²) in [6.07, 6.45) is 4.17. The molecule has 0 aliphatic heterocycles. The number of pyridine rings is 1. The van der Waals surface area contributed by atoms with Crippen molar-refractivity contribution in [1.29, 1.82) is 0 Å². The van der Waals surface area contributed by atoms with E-state index in [1.807, 2.05) is 12.1 Å². The van der Waals surface area contributed by atoms with Crippen molar-refractivity contribution in [2.24, 2.45) is 0 Å². The number of carbonyl (C=O) groups excluding carboxylic acids is 1. The number of hydrogen-bond donors (Lipinski definition) is 0. The average Bonchev–Trinajstić information content (AvgIpc) is 2.48. The first-order valence-electron chi connectivity index (χ1n) is 6.17. The zero-order chi connectivity index (χ0) is 14.5. The first kappa shape index (κ1) is 14.5. The quantitative estimate of drug-likeness (QED) is 0.867. The summed E-state index contributed by atoms with van der Waals surface area (Å²) in [5, 5.41) is -0.0432. The maximum Gasteiger partial charge on any atom is 0.253 e. The maximum absolute atomic E-state index is 13.1. The minimum Gasteiger partial charge on any atom is -0.341 e. The van der Waals surface area contributed by atoms with Gasteiger partial charge in [-0.25, -0.2) is 4.39 Å². The van der Waals surface area contributed by atoms with Crippen LogP contribution in [0.15, 0.2) is 42.7 Å². The lowest BCUT2D eigenvalue weighted by Gasteiger charge is -2.17. The topological polar surface area (TPSA) is 33.2 Å². The third kappa shape index (κ3) is 3.54. The van der Waals surface area contributed by atoms with Crippen LogP contribution in [-0.4, -0.2) is 29.4 Å². The van der Waals surface area contributed by atoms with Crippen molar-refractivity contribution in [2.75, 3.05) is 13.6 Å². The lowest BCUT2D eigenvalue weighted by molar-refractivity contribution is 0.0796. The Morgan fingerprint density at radius 2 is 2.00 bits per heavy atom. The molecule has 0 atom stereocenters. The molecule has 1 heterocycles. The summed E-state index contributed by atoms with van der Waals surface area (Å²) in [7, 11) is 1.71. The van der Waals surface area contributed by atoms with E-state index < -0.39 is 5.82 Å². The standard InChI is InChI=1S/C15H14ClFN2O/c1-19(9-6-11-4-7-18-8-5-11)15(20)12-2-3-14(17)13(16)10-12/h2-5,7-8,10H,6,9H2,1H3. The van der Waals surface area contributed by atoms with E-state index in [1.165, 1.54) is 18.2 Å². The fraction of sp³-hybridized carbons (Fsp3) is 0.200. The van der Waals surface area contributed by atoms with Crippen LogP contribution in [0.5, 0.6) is 0 Å². The van der Waals surface area contributed by atoms with Gasteiger partial charge in [-0.1, -0.05) is 11.6 Å². The van der Waals surface area contributed by atoms with Gasteiger partial charge in [0, 0.05) is 31.5 Å². The molecule has 2 aromatic rings. The molecule has 0 spiro atoms. The van der Waals surface area contributed by atoms with Gasteiger partial charge in [0.15, 0.2) is 0 Å². The van der Waals surface area contributed by atoms with Gasteiger partial charge in [-0.15, -0.1) is 0 Å². The molecule has 0 aliphatic carbocycles. The van der Waals surface area contributed by atoms with Crippen LogP contribution in [0.3, 0.4) is 0 Å². The number of rotatable bonds is 4. The predicted molar refractivity (Wildman–Crippen MR) is 76.3 cm³/mol. The molecule has 1 amide bonds. The molecule has 0 aliphatic rings. The smallest absolute Gasteiger partial charge is 0.253 e. The van der Waals surface area contributed by atoms with Gasteiger partial charge in [-0.05, 0) is 42.3 Å². The van der Waals surface area contributed by atoms with Gasteiger partial charge < -0.3 is 4.90 Å². The van der Waals surface area contributed by atoms with Crippen molar-refractivity contribution in [3.63, 3.8) is 0 Å². The lowest BCUT2D eigenvalue weighted by atomic mass is 10.1. The number of hydrogen-bond acceptors (Lipinski definition) is 2. The largest absolute Gasteiger partial charge is 0.341 e. The van der Waals surface area contributed by atoms with Crippen LogP contribution in [-0.2, 0) is 6.42 Å². The van der Waals surface area contributed by atoms with E-state index in [4.69, 9.17) is 11.6 Å². The number of amides is 1. The normalized spacial score (nSPS) is 10.3. The summed E-state index contributed by atoms with van der Waals surface area (Å²) in [5.41, 5.74) is 1.49. The SMILES string of the molecule is CN(CCc1ccncc1)C(=O)c1ccc(F)c(Cl)c1. The number of nitrogens with zero attached hydrogens (tertiary/aromatic N) is 2. The number of halogens is 2. The summed E-state index contributed by atoms with van der Waals surface area (Å²) in [6, 6.07) is 7.81. The zero-order valence-electron chi connectivity index (χ0n) is 11.0. The third-order valence-corrected chi connectivity index (χ3v) is 3.29. The highest BCUT2D eigenvalue weighted by Gasteiger charge is 2.13. The predicted octanol–water partition coefficient (Wildman–Crippen LogP) is 3.19. The second kappa shape index (κ2) is 6.48. The fourth-order valence-corrected chi connectivity index (χ4v) is 1.98. The van der Waals surface area contributed by atoms with Gasteiger partial charge in [-0.3, -0.25) is 9.78 Å². The van der Waals surface area contributed by atoms with Crippen molar-refractivity contribution in [1.82, 2.24) is 9.88 Å². The van der Waals surface area contributed by atoms with Gasteiger partial charge in [-0.2, -0.15) is 0 Å². The van der Waals surface area contributed by atoms with Gasteiger partial charge in [0.25, 0.3) is 5.91 Å². The van der Waals surface area contributed by atoms with Crippen molar-refractivity contribution in [2.45, 2.75) is 6.42 Å². The number of aromatic nitrogens is 1. The summed E-state index contributed by atoms with van der Waals surface area (Å²) >= 11 is 5.68. The second-order valence-electron chi connectivity index (χ2n) is 4.46. The molecule has 20 heavy (non-hydrogen) atoms. The first-order chi connectivity index (χ1) is 9.58. The maximum atomic E-state index is 13.1. The Morgan fingerprint density at radius 1 is 1.30 bits per heavy atom. The van der Waals surface area contributed by atoms with E-state index in [1.54, 1.807) is 24.3 Å². The zero-order valence-corrected chi connectivity index (χ0v) is 11.8. The Bertz CT molecular complexity index is 604. The molecule has 0 fully saturated rings. The Morgan fingerprint density at radius 3 is 2.65 bits per heavy atom. The minimum absolute atomic E-state index is 0.0432. The molecule has 0 N–H and O–H groups in total. The highest BCUT2D eigenvalue weighted by molar-refractivity contribution is 6.31. The second-order valence-corrected chi connectivity index (χ2v) is 4.87. The molecule has 0 bridgehead atoms. The van der Waals surface area contributed by atoms with E-state index in [2.05, 4.69) is 4.98 Å². The van der Waals surface area contributed by atoms with Crippen molar-refractivity contribution in [3.8, 4) is 0 Å². The molecule has 0 saturated heterocycles. The minimum atomic E-state index is -0.525. The number of likely N-dealkylation sites (N-methyl/N-ethyl adjacent to an activating group) is 1. The van der Waals surface area contributed by atoms with Gasteiger partial charge >= 0.3 is 0 Å². The monoisotopic (exact) mass is 292 g/mol. The van der Waals surface area contributed by atoms with Crippen LogP contribution < -0.4 is 0 Å². The van der Waals surface area contributed by atoms with Gasteiger partial charge in [0.05, 0.1) is 5.02 Å². The molecule has 1 aromatic heterocycles. The molecule has 0 saturated carbocycles. The van der Waals surface area contributed by atoms with E-state index in [0.717, 1.165) is 12.0 Å². The van der Waals surface area contributed by atoms with Crippen molar-refractivity contribution >= 4 is 17.5 Å². The Hall–Kier alpha value is -1.94. The third-order valence-electron chi connectivity index (χ3n) is 3.00. The fourth-order valence-electron chi connectivity index (χ4n) is 1.80. The summed E-state index contributed by atoms with van der Waals surface area (Å²) < 4.78 is 13.1.